The highest BCUT2D eigenvalue weighted by molar-refractivity contribution is 5.97. The largest absolute Gasteiger partial charge is 0.478 e. The summed E-state index contributed by atoms with van der Waals surface area (Å²) in [5.41, 5.74) is 4.85. The lowest BCUT2D eigenvalue weighted by Crippen LogP contribution is -2.13. The Labute approximate surface area is 116 Å². The lowest BCUT2D eigenvalue weighted by molar-refractivity contribution is -0.138. The summed E-state index contributed by atoms with van der Waals surface area (Å²) in [4.78, 5) is 15.0. The molecule has 1 aromatic carbocycles. The average Bonchev–Trinajstić information content (AvgIpc) is 2.86. The van der Waals surface area contributed by atoms with E-state index < -0.39 is 23.3 Å². The number of carbonyl (C=O) groups is 1. The first kappa shape index (κ1) is 13.6. The van der Waals surface area contributed by atoms with Crippen molar-refractivity contribution in [2.24, 2.45) is 0 Å². The van der Waals surface area contributed by atoms with E-state index in [-0.39, 0.29) is 24.5 Å². The van der Waals surface area contributed by atoms with Gasteiger partial charge in [-0.3, -0.25) is 0 Å². The van der Waals surface area contributed by atoms with E-state index in [4.69, 9.17) is 15.6 Å². The zero-order chi connectivity index (χ0) is 15.4. The standard InChI is InChI=1S/C13H9F3N2O3/c14-13(15,16)9-2-10-5(1-6(9)12(19)20)7-3-21-4-8(7)11(17)18-10/h1-2H,3-4H2,(H2,17,18)(H,19,20). The first-order valence-corrected chi connectivity index (χ1v) is 5.92. The highest BCUT2D eigenvalue weighted by Gasteiger charge is 2.36. The fourth-order valence-electron chi connectivity index (χ4n) is 2.43. The van der Waals surface area contributed by atoms with Crippen molar-refractivity contribution in [3.05, 3.63) is 34.4 Å². The number of ether oxygens (including phenoxy) is 1. The summed E-state index contributed by atoms with van der Waals surface area (Å²) in [6.45, 7) is 0.385. The van der Waals surface area contributed by atoms with Crippen molar-refractivity contribution in [2.75, 3.05) is 5.73 Å². The molecule has 1 aromatic heterocycles. The summed E-state index contributed by atoms with van der Waals surface area (Å²) in [5.74, 6) is -1.54. The third kappa shape index (κ3) is 2.07. The molecule has 110 valence electrons. The number of carboxylic acids is 1. The van der Waals surface area contributed by atoms with Crippen LogP contribution in [0.2, 0.25) is 0 Å². The second kappa shape index (κ2) is 4.32. The molecule has 0 unspecified atom stereocenters. The van der Waals surface area contributed by atoms with Gasteiger partial charge in [0.15, 0.2) is 0 Å². The quantitative estimate of drug-likeness (QED) is 0.845. The molecule has 2 heterocycles. The molecule has 8 heteroatoms. The van der Waals surface area contributed by atoms with Crippen LogP contribution < -0.4 is 5.73 Å². The molecule has 2 aromatic rings. The summed E-state index contributed by atoms with van der Waals surface area (Å²) >= 11 is 0. The van der Waals surface area contributed by atoms with Crippen LogP contribution in [0.1, 0.15) is 27.0 Å². The Morgan fingerprint density at radius 3 is 2.57 bits per heavy atom. The van der Waals surface area contributed by atoms with Crippen LogP contribution in [-0.4, -0.2) is 16.1 Å². The molecule has 0 saturated carbocycles. The van der Waals surface area contributed by atoms with Gasteiger partial charge in [0.1, 0.15) is 5.82 Å². The Morgan fingerprint density at radius 2 is 1.95 bits per heavy atom. The predicted octanol–water partition coefficient (Wildman–Crippen LogP) is 2.56. The van der Waals surface area contributed by atoms with E-state index in [1.807, 2.05) is 0 Å². The van der Waals surface area contributed by atoms with Crippen molar-refractivity contribution >= 4 is 22.7 Å². The molecule has 0 fully saturated rings. The van der Waals surface area contributed by atoms with Gasteiger partial charge in [-0.25, -0.2) is 9.78 Å². The van der Waals surface area contributed by atoms with Crippen molar-refractivity contribution in [2.45, 2.75) is 19.4 Å². The van der Waals surface area contributed by atoms with Crippen LogP contribution in [0.3, 0.4) is 0 Å². The maximum Gasteiger partial charge on any atom is 0.417 e. The van der Waals surface area contributed by atoms with Crippen molar-refractivity contribution in [1.82, 2.24) is 4.98 Å². The molecular formula is C13H9F3N2O3. The number of carboxylic acid groups (broad SMARTS) is 1. The number of nitrogen functional groups attached to an aromatic ring is 1. The Morgan fingerprint density at radius 1 is 1.29 bits per heavy atom. The number of aromatic nitrogens is 1. The molecule has 0 atom stereocenters. The molecule has 0 radical (unpaired) electrons. The zero-order valence-electron chi connectivity index (χ0n) is 10.5. The third-order valence-corrected chi connectivity index (χ3v) is 3.40. The molecule has 0 amide bonds. The maximum atomic E-state index is 13.0. The minimum atomic E-state index is -4.78. The minimum Gasteiger partial charge on any atom is -0.478 e. The van der Waals surface area contributed by atoms with Crippen LogP contribution in [-0.2, 0) is 24.1 Å². The van der Waals surface area contributed by atoms with Gasteiger partial charge in [0, 0.05) is 10.9 Å². The number of pyridine rings is 1. The number of aromatic carboxylic acids is 1. The molecule has 5 nitrogen and oxygen atoms in total. The first-order valence-electron chi connectivity index (χ1n) is 5.92. The van der Waals surface area contributed by atoms with Crippen LogP contribution in [0.15, 0.2) is 12.1 Å². The highest BCUT2D eigenvalue weighted by atomic mass is 19.4. The fourth-order valence-corrected chi connectivity index (χ4v) is 2.43. The van der Waals surface area contributed by atoms with Gasteiger partial charge in [-0.05, 0) is 17.7 Å². The van der Waals surface area contributed by atoms with Crippen LogP contribution >= 0.6 is 0 Å². The van der Waals surface area contributed by atoms with E-state index in [0.29, 0.717) is 22.6 Å². The number of hydrogen-bond donors (Lipinski definition) is 2. The van der Waals surface area contributed by atoms with E-state index in [9.17, 15) is 18.0 Å². The van der Waals surface area contributed by atoms with Gasteiger partial charge < -0.3 is 15.6 Å². The lowest BCUT2D eigenvalue weighted by Gasteiger charge is -2.13. The summed E-state index contributed by atoms with van der Waals surface area (Å²) in [6.07, 6.45) is -4.78. The van der Waals surface area contributed by atoms with E-state index in [0.717, 1.165) is 6.07 Å². The van der Waals surface area contributed by atoms with E-state index in [1.165, 1.54) is 0 Å². The number of alkyl halides is 3. The molecule has 1 aliphatic heterocycles. The Bertz CT molecular complexity index is 772. The monoisotopic (exact) mass is 298 g/mol. The third-order valence-electron chi connectivity index (χ3n) is 3.40. The predicted molar refractivity (Wildman–Crippen MR) is 66.6 cm³/mol. The van der Waals surface area contributed by atoms with Gasteiger partial charge >= 0.3 is 12.1 Å². The number of halogens is 3. The molecule has 21 heavy (non-hydrogen) atoms. The SMILES string of the molecule is Nc1nc2cc(C(F)(F)F)c(C(=O)O)cc2c2c1COC2. The fraction of sp³-hybridized carbons (Fsp3) is 0.231. The zero-order valence-corrected chi connectivity index (χ0v) is 10.5. The molecule has 3 rings (SSSR count). The van der Waals surface area contributed by atoms with E-state index in [1.54, 1.807) is 0 Å². The van der Waals surface area contributed by atoms with E-state index in [2.05, 4.69) is 4.98 Å². The number of nitrogens with zero attached hydrogens (tertiary/aromatic N) is 1. The van der Waals surface area contributed by atoms with Gasteiger partial charge in [0.25, 0.3) is 0 Å². The Kier molecular flexibility index (Phi) is 2.80. The van der Waals surface area contributed by atoms with Crippen LogP contribution in [0.25, 0.3) is 10.9 Å². The highest BCUT2D eigenvalue weighted by Crippen LogP contribution is 2.37. The molecular weight excluding hydrogens is 289 g/mol. The summed E-state index contributed by atoms with van der Waals surface area (Å²) in [5, 5.41) is 9.34. The van der Waals surface area contributed by atoms with Gasteiger partial charge in [0.2, 0.25) is 0 Å². The van der Waals surface area contributed by atoms with Crippen LogP contribution in [0, 0.1) is 0 Å². The lowest BCUT2D eigenvalue weighted by atomic mass is 9.98. The number of nitrogens with two attached hydrogens (primary N) is 1. The van der Waals surface area contributed by atoms with Crippen molar-refractivity contribution in [3.8, 4) is 0 Å². The summed E-state index contributed by atoms with van der Waals surface area (Å²) < 4.78 is 44.1. The Balaban J connectivity index is 2.39. The normalized spacial score (nSPS) is 14.4. The molecule has 1 aliphatic rings. The van der Waals surface area contributed by atoms with Crippen molar-refractivity contribution in [1.29, 1.82) is 0 Å². The average molecular weight is 298 g/mol. The molecule has 0 spiro atoms. The summed E-state index contributed by atoms with van der Waals surface area (Å²) in [7, 11) is 0. The van der Waals surface area contributed by atoms with E-state index >= 15 is 0 Å². The van der Waals surface area contributed by atoms with Gasteiger partial charge in [-0.1, -0.05) is 0 Å². The van der Waals surface area contributed by atoms with Gasteiger partial charge in [0.05, 0.1) is 29.9 Å². The second-order valence-corrected chi connectivity index (χ2v) is 4.66. The van der Waals surface area contributed by atoms with Gasteiger partial charge in [-0.15, -0.1) is 0 Å². The molecule has 0 aliphatic carbocycles. The summed E-state index contributed by atoms with van der Waals surface area (Å²) in [6, 6.07) is 1.70. The molecule has 0 saturated heterocycles. The van der Waals surface area contributed by atoms with Crippen LogP contribution in [0.4, 0.5) is 19.0 Å². The van der Waals surface area contributed by atoms with Crippen LogP contribution in [0.5, 0.6) is 0 Å². The number of hydrogen-bond acceptors (Lipinski definition) is 4. The smallest absolute Gasteiger partial charge is 0.417 e. The topological polar surface area (TPSA) is 85.4 Å². The molecule has 0 bridgehead atoms. The number of fused-ring (bicyclic) bond motifs is 3. The van der Waals surface area contributed by atoms with Crippen molar-refractivity contribution < 1.29 is 27.8 Å². The first-order chi connectivity index (χ1) is 9.79. The number of rotatable bonds is 1. The van der Waals surface area contributed by atoms with Crippen molar-refractivity contribution in [3.63, 3.8) is 0 Å². The molecule has 3 N–H and O–H groups in total. The Hall–Kier alpha value is -2.35. The number of anilines is 1. The number of benzene rings is 1. The van der Waals surface area contributed by atoms with Gasteiger partial charge in [-0.2, -0.15) is 13.2 Å². The minimum absolute atomic E-state index is 0.00840. The second-order valence-electron chi connectivity index (χ2n) is 4.66. The maximum absolute atomic E-state index is 13.0.